The highest BCUT2D eigenvalue weighted by Crippen LogP contribution is 2.77. The Labute approximate surface area is 413 Å². The van der Waals surface area contributed by atoms with Crippen LogP contribution in [-0.2, 0) is 28.4 Å². The summed E-state index contributed by atoms with van der Waals surface area (Å²) in [4.78, 5) is 88.7. The van der Waals surface area contributed by atoms with Crippen molar-refractivity contribution in [1.82, 2.24) is 9.21 Å². The molecule has 7 rings (SSSR count). The highest BCUT2D eigenvalue weighted by Gasteiger charge is 2.58. The Kier molecular flexibility index (Phi) is 17.1. The molecule has 2 unspecified atom stereocenters. The van der Waals surface area contributed by atoms with Crippen molar-refractivity contribution in [3.05, 3.63) is 179 Å². The zero-order valence-electron chi connectivity index (χ0n) is 38.9. The second-order valence-corrected chi connectivity index (χ2v) is 19.8. The van der Waals surface area contributed by atoms with Crippen LogP contribution in [0.1, 0.15) is 62.1 Å². The van der Waals surface area contributed by atoms with Gasteiger partial charge in [0.05, 0.1) is 76.0 Å². The van der Waals surface area contributed by atoms with E-state index in [2.05, 4.69) is 0 Å². The van der Waals surface area contributed by atoms with E-state index in [1.807, 2.05) is 0 Å². The second-order valence-electron chi connectivity index (χ2n) is 14.2. The van der Waals surface area contributed by atoms with Gasteiger partial charge in [-0.2, -0.15) is 0 Å². The van der Waals surface area contributed by atoms with E-state index in [0.29, 0.717) is 0 Å². The Balaban J connectivity index is 1.51. The quantitative estimate of drug-likeness (QED) is 0.0442. The average Bonchev–Trinajstić information content (AvgIpc) is 3.42. The van der Waals surface area contributed by atoms with Gasteiger partial charge in [-0.25, -0.2) is 28.8 Å². The summed E-state index contributed by atoms with van der Waals surface area (Å²) in [7, 11) is -2.45. The summed E-state index contributed by atoms with van der Waals surface area (Å²) in [6.45, 7) is 0. The number of esters is 6. The molecule has 1 aliphatic heterocycles. The first kappa shape index (κ1) is 51.8. The maximum absolute atomic E-state index is 12.6. The van der Waals surface area contributed by atoms with Crippen LogP contribution in [0.5, 0.6) is 34.5 Å². The maximum Gasteiger partial charge on any atom is 0.447 e. The summed E-state index contributed by atoms with van der Waals surface area (Å²) < 4.78 is 64.5. The summed E-state index contributed by atoms with van der Waals surface area (Å²) in [5.74, 6) is -3.12. The van der Waals surface area contributed by atoms with Crippen LogP contribution in [0.15, 0.2) is 150 Å². The first-order valence-electron chi connectivity index (χ1n) is 20.8. The van der Waals surface area contributed by atoms with E-state index in [4.69, 9.17) is 60.7 Å². The lowest BCUT2D eigenvalue weighted by molar-refractivity contribution is 0.0540. The van der Waals surface area contributed by atoms with E-state index in [9.17, 15) is 28.8 Å². The fourth-order valence-electron chi connectivity index (χ4n) is 6.07. The first-order chi connectivity index (χ1) is 34.8. The molecule has 0 bridgehead atoms. The van der Waals surface area contributed by atoms with E-state index in [1.165, 1.54) is 197 Å². The van der Waals surface area contributed by atoms with Gasteiger partial charge >= 0.3 is 60.4 Å². The third kappa shape index (κ3) is 12.3. The minimum atomic E-state index is -4.46. The van der Waals surface area contributed by atoms with Gasteiger partial charge in [0.1, 0.15) is 34.5 Å². The van der Waals surface area contributed by atoms with Crippen LogP contribution in [0, 0.1) is 0 Å². The number of benzene rings is 6. The smallest absolute Gasteiger partial charge is 0.447 e. The van der Waals surface area contributed by atoms with Crippen LogP contribution in [0.25, 0.3) is 0 Å². The van der Waals surface area contributed by atoms with Crippen LogP contribution in [0.3, 0.4) is 0 Å². The van der Waals surface area contributed by atoms with Crippen molar-refractivity contribution < 1.29 is 85.0 Å². The van der Waals surface area contributed by atoms with Gasteiger partial charge in [-0.15, -0.1) is 4.52 Å². The number of carbonyl (C=O) groups excluding carboxylic acids is 6. The summed E-state index contributed by atoms with van der Waals surface area (Å²) >= 11 is 0. The molecular formula is C48H42N3O18P3. The predicted octanol–water partition coefficient (Wildman–Crippen LogP) is 10.0. The molecule has 0 aliphatic carbocycles. The molecule has 21 nitrogen and oxygen atoms in total. The zero-order chi connectivity index (χ0) is 51.4. The molecule has 0 radical (unpaired) electrons. The van der Waals surface area contributed by atoms with Crippen molar-refractivity contribution in [2.24, 2.45) is 4.52 Å². The molecule has 6 aromatic carbocycles. The van der Waals surface area contributed by atoms with Gasteiger partial charge < -0.3 is 56.2 Å². The molecule has 0 saturated carbocycles. The monoisotopic (exact) mass is 1040 g/mol. The van der Waals surface area contributed by atoms with Gasteiger partial charge in [0.15, 0.2) is 0 Å². The molecular weight excluding hydrogens is 999 g/mol. The maximum atomic E-state index is 12.6. The Morgan fingerprint density at radius 3 is 0.931 bits per heavy atom. The first-order valence-corrected chi connectivity index (χ1v) is 24.7. The van der Waals surface area contributed by atoms with Crippen molar-refractivity contribution >= 4 is 60.4 Å². The molecule has 24 heteroatoms. The van der Waals surface area contributed by atoms with E-state index in [1.54, 1.807) is 0 Å². The molecule has 0 amide bonds. The average molecular weight is 1040 g/mol. The lowest BCUT2D eigenvalue weighted by atomic mass is 10.2. The molecule has 372 valence electrons. The van der Waals surface area contributed by atoms with E-state index in [-0.39, 0.29) is 67.9 Å². The number of hydrogen-bond donors (Lipinski definition) is 0. The number of carbonyl (C=O) groups is 6. The minimum absolute atomic E-state index is 0.0709. The van der Waals surface area contributed by atoms with Gasteiger partial charge in [-0.3, -0.25) is 0 Å². The summed E-state index contributed by atoms with van der Waals surface area (Å²) in [5.41, 5.74) is 1.12. The van der Waals surface area contributed by atoms with Crippen molar-refractivity contribution in [2.45, 2.75) is 0 Å². The van der Waals surface area contributed by atoms with Crippen molar-refractivity contribution in [2.75, 3.05) is 42.7 Å². The topological polar surface area (TPSA) is 232 Å². The highest BCUT2D eigenvalue weighted by atomic mass is 31.3. The summed E-state index contributed by atoms with van der Waals surface area (Å²) in [6, 6.07) is 35.1. The molecule has 0 aromatic heterocycles. The van der Waals surface area contributed by atoms with Crippen LogP contribution >= 0.6 is 24.6 Å². The van der Waals surface area contributed by atoms with Crippen molar-refractivity contribution in [1.29, 1.82) is 0 Å². The number of methoxy groups -OCH3 is 6. The van der Waals surface area contributed by atoms with Crippen LogP contribution in [0.4, 0.5) is 0 Å². The van der Waals surface area contributed by atoms with Gasteiger partial charge in [-0.05, 0) is 146 Å². The molecule has 1 aliphatic rings. The standard InChI is InChI=1S/C48H42N3O18P3/c1-58-43(52)31-7-19-37(20-8-31)64-50-70(66-39-23-11-33(12-24-39)45(54)60-3)49-72(68-41-27-15-35(16-28-41)47(56)62-5,69-42-29-17-36(18-30-42)48(57)63-6)51(65-38-21-9-32(10-22-38)44(53)59-2)71(50)67-40-25-13-34(14-26-40)46(55)61-4/h7-30H,1-6H3. The van der Waals surface area contributed by atoms with E-state index in [0.717, 1.165) is 0 Å². The number of ether oxygens (including phenoxy) is 6. The highest BCUT2D eigenvalue weighted by molar-refractivity contribution is 7.78. The fourth-order valence-corrected chi connectivity index (χ4v) is 13.6. The molecule has 1 heterocycles. The normalized spacial score (nSPS) is 15.0. The molecule has 6 aromatic rings. The second kappa shape index (κ2) is 23.7. The molecule has 0 saturated heterocycles. The van der Waals surface area contributed by atoms with E-state index >= 15 is 0 Å². The Hall–Kier alpha value is -8.05. The summed E-state index contributed by atoms with van der Waals surface area (Å²) in [6.07, 6.45) is 0. The lowest BCUT2D eigenvalue weighted by Gasteiger charge is -2.43. The van der Waals surface area contributed by atoms with Crippen molar-refractivity contribution in [3.8, 4) is 34.5 Å². The van der Waals surface area contributed by atoms with Gasteiger partial charge in [-0.1, -0.05) is 0 Å². The largest absolute Gasteiger partial charge is 0.465 e. The number of nitrogens with zero attached hydrogens (tertiary/aromatic N) is 3. The molecule has 2 atom stereocenters. The molecule has 72 heavy (non-hydrogen) atoms. The lowest BCUT2D eigenvalue weighted by Crippen LogP contribution is -2.37. The number of rotatable bonds is 18. The Bertz CT molecular complexity index is 2900. The van der Waals surface area contributed by atoms with Crippen molar-refractivity contribution in [3.63, 3.8) is 0 Å². The number of hydrogen-bond acceptors (Lipinski definition) is 21. The summed E-state index contributed by atoms with van der Waals surface area (Å²) in [5, 5.41) is 0. The van der Waals surface area contributed by atoms with Crippen LogP contribution < -0.4 is 27.8 Å². The third-order valence-electron chi connectivity index (χ3n) is 9.69. The van der Waals surface area contributed by atoms with Gasteiger partial charge in [0.2, 0.25) is 0 Å². The van der Waals surface area contributed by atoms with Crippen LogP contribution in [0.2, 0.25) is 0 Å². The fraction of sp³-hybridized carbons (Fsp3) is 0.125. The van der Waals surface area contributed by atoms with Gasteiger partial charge in [0, 0.05) is 9.21 Å². The van der Waals surface area contributed by atoms with Gasteiger partial charge in [0.25, 0.3) is 0 Å². The predicted molar refractivity (Wildman–Crippen MR) is 257 cm³/mol. The molecule has 0 spiro atoms. The molecule has 0 N–H and O–H groups in total. The Morgan fingerprint density at radius 1 is 0.361 bits per heavy atom. The molecule has 0 fully saturated rings. The third-order valence-corrected chi connectivity index (χ3v) is 16.5. The SMILES string of the molecule is COC(=O)c1ccc(ON2P(Oc3ccc(C(=O)OC)cc3)N=P(Oc3ccc(C(=O)OC)cc3)(Oc3ccc(C(=O)OC)cc3)N(Oc3ccc(C(=O)OC)cc3)P2Oc2ccc(C(=O)OC)cc2)cc1. The van der Waals surface area contributed by atoms with Crippen LogP contribution in [-0.4, -0.2) is 87.7 Å². The minimum Gasteiger partial charge on any atom is -0.465 e. The Morgan fingerprint density at radius 2 is 0.625 bits per heavy atom. The zero-order valence-corrected chi connectivity index (χ0v) is 41.6. The van der Waals surface area contributed by atoms with E-state index < -0.39 is 60.4 Å².